The van der Waals surface area contributed by atoms with Crippen LogP contribution in [0.5, 0.6) is 0 Å². The average Bonchev–Trinajstić information content (AvgIpc) is 3.18. The second-order valence-electron chi connectivity index (χ2n) is 9.00. The van der Waals surface area contributed by atoms with Crippen molar-refractivity contribution in [2.45, 2.75) is 29.0 Å². The first-order chi connectivity index (χ1) is 17.7. The Morgan fingerprint density at radius 1 is 1.00 bits per heavy atom. The SMILES string of the molecule is O=C(N[C@@](Cc1ccccc1)(c1cc(F)cc(C(F)(F)F)c1)c1ccc(CI)cn1)N1CCCNCC1. The van der Waals surface area contributed by atoms with Gasteiger partial charge in [-0.1, -0.05) is 59.0 Å². The van der Waals surface area contributed by atoms with Crippen molar-refractivity contribution in [2.75, 3.05) is 26.2 Å². The van der Waals surface area contributed by atoms with E-state index >= 15 is 0 Å². The minimum absolute atomic E-state index is 0.0281. The first kappa shape index (κ1) is 27.3. The van der Waals surface area contributed by atoms with Crippen LogP contribution in [0, 0.1) is 5.82 Å². The van der Waals surface area contributed by atoms with Crippen molar-refractivity contribution < 1.29 is 22.4 Å². The maximum absolute atomic E-state index is 14.8. The normalized spacial score (nSPS) is 16.1. The summed E-state index contributed by atoms with van der Waals surface area (Å²) in [6.45, 7) is 2.28. The van der Waals surface area contributed by atoms with Gasteiger partial charge in [0.2, 0.25) is 0 Å². The minimum atomic E-state index is -4.77. The van der Waals surface area contributed by atoms with E-state index in [1.165, 1.54) is 0 Å². The van der Waals surface area contributed by atoms with Crippen LogP contribution in [0.1, 0.15) is 34.4 Å². The summed E-state index contributed by atoms with van der Waals surface area (Å²) >= 11 is 2.19. The third kappa shape index (κ3) is 6.59. The molecule has 196 valence electrons. The second-order valence-corrected chi connectivity index (χ2v) is 9.76. The Morgan fingerprint density at radius 3 is 2.43 bits per heavy atom. The highest BCUT2D eigenvalue weighted by Crippen LogP contribution is 2.38. The Morgan fingerprint density at radius 2 is 1.76 bits per heavy atom. The molecule has 0 saturated carbocycles. The molecule has 1 aliphatic heterocycles. The predicted molar refractivity (Wildman–Crippen MR) is 142 cm³/mol. The molecule has 1 aliphatic rings. The number of carbonyl (C=O) groups is 1. The third-order valence-electron chi connectivity index (χ3n) is 6.39. The Kier molecular flexibility index (Phi) is 8.68. The fraction of sp³-hybridized carbons (Fsp3) is 0.333. The van der Waals surface area contributed by atoms with Gasteiger partial charge in [0.25, 0.3) is 0 Å². The molecule has 2 N–H and O–H groups in total. The van der Waals surface area contributed by atoms with Crippen molar-refractivity contribution in [1.29, 1.82) is 0 Å². The second kappa shape index (κ2) is 11.8. The van der Waals surface area contributed by atoms with Crippen molar-refractivity contribution in [3.63, 3.8) is 0 Å². The van der Waals surface area contributed by atoms with Gasteiger partial charge in [0, 0.05) is 36.7 Å². The lowest BCUT2D eigenvalue weighted by Gasteiger charge is -2.37. The summed E-state index contributed by atoms with van der Waals surface area (Å²) in [4.78, 5) is 19.8. The molecule has 0 radical (unpaired) electrons. The Bertz CT molecular complexity index is 1200. The van der Waals surface area contributed by atoms with Crippen LogP contribution < -0.4 is 10.6 Å². The molecule has 2 heterocycles. The smallest absolute Gasteiger partial charge is 0.323 e. The van der Waals surface area contributed by atoms with Crippen molar-refractivity contribution in [1.82, 2.24) is 20.5 Å². The van der Waals surface area contributed by atoms with Gasteiger partial charge in [-0.15, -0.1) is 0 Å². The van der Waals surface area contributed by atoms with Gasteiger partial charge in [0.05, 0.1) is 11.3 Å². The van der Waals surface area contributed by atoms with Crippen molar-refractivity contribution >= 4 is 28.6 Å². The summed E-state index contributed by atoms with van der Waals surface area (Å²) < 4.78 is 56.8. The molecule has 1 aromatic heterocycles. The van der Waals surface area contributed by atoms with Crippen LogP contribution in [0.2, 0.25) is 0 Å². The monoisotopic (exact) mass is 626 g/mol. The summed E-state index contributed by atoms with van der Waals surface area (Å²) in [5, 5.41) is 6.25. The lowest BCUT2D eigenvalue weighted by Crippen LogP contribution is -2.54. The van der Waals surface area contributed by atoms with Crippen LogP contribution >= 0.6 is 22.6 Å². The fourth-order valence-corrected chi connectivity index (χ4v) is 4.94. The molecule has 0 spiro atoms. The molecule has 0 unspecified atom stereocenters. The third-order valence-corrected chi connectivity index (χ3v) is 7.27. The van der Waals surface area contributed by atoms with Gasteiger partial charge in [0.1, 0.15) is 11.4 Å². The van der Waals surface area contributed by atoms with Gasteiger partial charge in [-0.25, -0.2) is 9.18 Å². The van der Waals surface area contributed by atoms with Crippen LogP contribution in [-0.4, -0.2) is 42.1 Å². The lowest BCUT2D eigenvalue weighted by molar-refractivity contribution is -0.137. The maximum Gasteiger partial charge on any atom is 0.416 e. The van der Waals surface area contributed by atoms with Crippen LogP contribution in [0.3, 0.4) is 0 Å². The number of halogens is 5. The average molecular weight is 626 g/mol. The largest absolute Gasteiger partial charge is 0.416 e. The number of amides is 2. The molecule has 2 amide bonds. The number of aromatic nitrogens is 1. The molecule has 4 rings (SSSR count). The maximum atomic E-state index is 14.8. The molecule has 0 bridgehead atoms. The number of pyridine rings is 1. The number of carbonyl (C=O) groups excluding carboxylic acids is 1. The van der Waals surface area contributed by atoms with Crippen LogP contribution in [0.25, 0.3) is 0 Å². The molecule has 2 aromatic carbocycles. The van der Waals surface area contributed by atoms with E-state index in [0.717, 1.165) is 36.2 Å². The number of urea groups is 1. The van der Waals surface area contributed by atoms with Crippen LogP contribution in [0.4, 0.5) is 22.4 Å². The number of hydrogen-bond donors (Lipinski definition) is 2. The quantitative estimate of drug-likeness (QED) is 0.211. The summed E-state index contributed by atoms with van der Waals surface area (Å²) in [5.41, 5.74) is -0.734. The molecule has 1 atom stereocenters. The predicted octanol–water partition coefficient (Wildman–Crippen LogP) is 5.67. The first-order valence-electron chi connectivity index (χ1n) is 11.9. The minimum Gasteiger partial charge on any atom is -0.323 e. The molecule has 1 fully saturated rings. The van der Waals surface area contributed by atoms with Gasteiger partial charge in [-0.05, 0) is 53.9 Å². The number of benzene rings is 2. The van der Waals surface area contributed by atoms with Gasteiger partial charge in [-0.3, -0.25) is 4.98 Å². The summed E-state index contributed by atoms with van der Waals surface area (Å²) in [5.74, 6) is -1.04. The molecule has 1 saturated heterocycles. The molecule has 37 heavy (non-hydrogen) atoms. The Hall–Kier alpha value is -2.73. The lowest BCUT2D eigenvalue weighted by atomic mass is 9.79. The topological polar surface area (TPSA) is 57.3 Å². The summed E-state index contributed by atoms with van der Waals surface area (Å²) in [6.07, 6.45) is -2.33. The molecule has 5 nitrogen and oxygen atoms in total. The van der Waals surface area contributed by atoms with Crippen molar-refractivity contribution in [3.05, 3.63) is 101 Å². The number of hydrogen-bond acceptors (Lipinski definition) is 3. The van der Waals surface area contributed by atoms with Gasteiger partial charge in [0.15, 0.2) is 0 Å². The van der Waals surface area contributed by atoms with Crippen molar-refractivity contribution in [3.8, 4) is 0 Å². The van der Waals surface area contributed by atoms with Gasteiger partial charge in [-0.2, -0.15) is 13.2 Å². The number of nitrogens with one attached hydrogen (secondary N) is 2. The number of rotatable bonds is 6. The molecule has 0 aliphatic carbocycles. The summed E-state index contributed by atoms with van der Waals surface area (Å²) in [6, 6.07) is 14.6. The molecule has 3 aromatic rings. The highest BCUT2D eigenvalue weighted by molar-refractivity contribution is 14.1. The Balaban J connectivity index is 1.92. The number of nitrogens with zero attached hydrogens (tertiary/aromatic N) is 2. The Labute approximate surface area is 226 Å². The van der Waals surface area contributed by atoms with E-state index in [1.54, 1.807) is 17.2 Å². The highest BCUT2D eigenvalue weighted by atomic mass is 127. The zero-order chi connectivity index (χ0) is 26.5. The van der Waals surface area contributed by atoms with E-state index in [-0.39, 0.29) is 12.0 Å². The van der Waals surface area contributed by atoms with E-state index in [9.17, 15) is 22.4 Å². The number of alkyl halides is 4. The van der Waals surface area contributed by atoms with E-state index in [1.807, 2.05) is 36.4 Å². The standard InChI is InChI=1S/C27H27F4IN4O/c28-23-14-21(13-22(15-23)27(29,30)31)26(16-19-5-2-1-3-6-19,24-8-7-20(17-32)18-34-24)35-25(37)36-11-4-9-33-10-12-36/h1-3,5-8,13-15,18,33H,4,9-12,16-17H2,(H,35,37)/t26-/m0/s1. The van der Waals surface area contributed by atoms with E-state index in [2.05, 4.69) is 38.2 Å². The van der Waals surface area contributed by atoms with Gasteiger partial charge >= 0.3 is 12.2 Å². The molecule has 10 heteroatoms. The van der Waals surface area contributed by atoms with Crippen LogP contribution in [-0.2, 0) is 22.6 Å². The fourth-order valence-electron chi connectivity index (χ4n) is 4.49. The van der Waals surface area contributed by atoms with E-state index < -0.39 is 29.1 Å². The van der Waals surface area contributed by atoms with E-state index in [4.69, 9.17) is 0 Å². The van der Waals surface area contributed by atoms with Crippen LogP contribution in [0.15, 0.2) is 66.9 Å². The van der Waals surface area contributed by atoms with E-state index in [0.29, 0.717) is 35.8 Å². The first-order valence-corrected chi connectivity index (χ1v) is 13.5. The molecular weight excluding hydrogens is 599 g/mol. The summed E-state index contributed by atoms with van der Waals surface area (Å²) in [7, 11) is 0. The zero-order valence-corrected chi connectivity index (χ0v) is 22.2. The highest BCUT2D eigenvalue weighted by Gasteiger charge is 2.41. The van der Waals surface area contributed by atoms with Gasteiger partial charge < -0.3 is 15.5 Å². The zero-order valence-electron chi connectivity index (χ0n) is 20.0. The molecular formula is C27H27F4IN4O. The van der Waals surface area contributed by atoms with Crippen molar-refractivity contribution in [2.24, 2.45) is 0 Å².